The van der Waals surface area contributed by atoms with E-state index in [1.807, 2.05) is 0 Å². The summed E-state index contributed by atoms with van der Waals surface area (Å²) in [6.07, 6.45) is 3.75. The van der Waals surface area contributed by atoms with E-state index in [4.69, 9.17) is 15.2 Å². The fraction of sp³-hybridized carbons (Fsp3) is 0.571. The zero-order valence-electron chi connectivity index (χ0n) is 7.88. The monoisotopic (exact) mass is 219 g/mol. The highest BCUT2D eigenvalue weighted by atomic mass is 31.2. The Kier molecular flexibility index (Phi) is 3.83. The van der Waals surface area contributed by atoms with E-state index >= 15 is 0 Å². The molecule has 1 unspecified atom stereocenters. The lowest BCUT2D eigenvalue weighted by Crippen LogP contribution is -2.28. The van der Waals surface area contributed by atoms with E-state index in [-0.39, 0.29) is 12.6 Å². The third-order valence-electron chi connectivity index (χ3n) is 1.57. The largest absolute Gasteiger partial charge is 0.348 e. The fourth-order valence-corrected chi connectivity index (χ4v) is 1.44. The number of nitrogens with one attached hydrogen (secondary N) is 1. The molecule has 1 aromatic rings. The minimum atomic E-state index is -3.42. The lowest BCUT2D eigenvalue weighted by atomic mass is 10.2. The van der Waals surface area contributed by atoms with Gasteiger partial charge in [0, 0.05) is 31.0 Å². The number of nitrogens with two attached hydrogens (primary N) is 1. The SMILES string of the molecule is CP(=O)(O)OC[C@@H](N)Cc1cnc[nH]1. The highest BCUT2D eigenvalue weighted by molar-refractivity contribution is 7.51. The predicted octanol–water partition coefficient (Wildman–Crippen LogP) is 0.111. The van der Waals surface area contributed by atoms with Crippen LogP contribution in [-0.2, 0) is 15.5 Å². The van der Waals surface area contributed by atoms with E-state index in [2.05, 4.69) is 9.97 Å². The quantitative estimate of drug-likeness (QED) is 0.610. The first-order valence-electron chi connectivity index (χ1n) is 4.15. The maximum Gasteiger partial charge on any atom is 0.325 e. The standard InChI is InChI=1S/C7H14N3O3P/c1-14(11,12)13-4-6(8)2-7-3-9-5-10-7/h3,5-6H,2,4,8H2,1H3,(H,9,10)(H,11,12)/t6-/m0/s1. The second-order valence-electron chi connectivity index (χ2n) is 3.14. The molecular formula is C7H14N3O3P. The Morgan fingerprint density at radius 2 is 2.57 bits per heavy atom. The highest BCUT2D eigenvalue weighted by Crippen LogP contribution is 2.36. The zero-order chi connectivity index (χ0) is 10.6. The first kappa shape index (κ1) is 11.4. The number of hydrogen-bond acceptors (Lipinski definition) is 4. The van der Waals surface area contributed by atoms with Gasteiger partial charge in [-0.2, -0.15) is 0 Å². The number of hydrogen-bond donors (Lipinski definition) is 3. The van der Waals surface area contributed by atoms with Crippen LogP contribution in [0.5, 0.6) is 0 Å². The summed E-state index contributed by atoms with van der Waals surface area (Å²) in [6, 6.07) is -0.309. The summed E-state index contributed by atoms with van der Waals surface area (Å²) in [5, 5.41) is 0. The molecule has 0 aromatic carbocycles. The number of aromatic amines is 1. The van der Waals surface area contributed by atoms with Gasteiger partial charge in [-0.1, -0.05) is 0 Å². The summed E-state index contributed by atoms with van der Waals surface area (Å²) in [5.74, 6) is 0. The Balaban J connectivity index is 2.30. The summed E-state index contributed by atoms with van der Waals surface area (Å²) in [4.78, 5) is 15.6. The van der Waals surface area contributed by atoms with Crippen LogP contribution >= 0.6 is 7.60 Å². The van der Waals surface area contributed by atoms with Crippen LogP contribution in [0.3, 0.4) is 0 Å². The molecule has 1 aromatic heterocycles. The minimum Gasteiger partial charge on any atom is -0.348 e. The first-order valence-corrected chi connectivity index (χ1v) is 6.17. The van der Waals surface area contributed by atoms with E-state index in [1.54, 1.807) is 12.5 Å². The molecule has 0 radical (unpaired) electrons. The maximum absolute atomic E-state index is 10.8. The molecule has 2 atom stereocenters. The van der Waals surface area contributed by atoms with Crippen molar-refractivity contribution in [2.75, 3.05) is 13.3 Å². The maximum atomic E-state index is 10.8. The lowest BCUT2D eigenvalue weighted by molar-refractivity contribution is 0.245. The van der Waals surface area contributed by atoms with Crippen molar-refractivity contribution in [2.24, 2.45) is 5.73 Å². The molecule has 1 rings (SSSR count). The van der Waals surface area contributed by atoms with Gasteiger partial charge in [-0.05, 0) is 0 Å². The van der Waals surface area contributed by atoms with Crippen molar-refractivity contribution in [1.29, 1.82) is 0 Å². The molecular weight excluding hydrogens is 205 g/mol. The fourth-order valence-electron chi connectivity index (χ4n) is 0.972. The Bertz CT molecular complexity index is 308. The van der Waals surface area contributed by atoms with E-state index < -0.39 is 7.60 Å². The van der Waals surface area contributed by atoms with Crippen molar-refractivity contribution in [1.82, 2.24) is 9.97 Å². The third-order valence-corrected chi connectivity index (χ3v) is 2.19. The zero-order valence-corrected chi connectivity index (χ0v) is 8.78. The molecule has 0 aliphatic heterocycles. The summed E-state index contributed by atoms with van der Waals surface area (Å²) in [5.41, 5.74) is 6.55. The molecule has 0 fully saturated rings. The third kappa shape index (κ3) is 4.53. The predicted molar refractivity (Wildman–Crippen MR) is 52.0 cm³/mol. The van der Waals surface area contributed by atoms with Crippen molar-refractivity contribution in [3.05, 3.63) is 18.2 Å². The average molecular weight is 219 g/mol. The Morgan fingerprint density at radius 1 is 1.86 bits per heavy atom. The molecule has 0 saturated heterocycles. The number of H-pyrrole nitrogens is 1. The number of imidazole rings is 1. The van der Waals surface area contributed by atoms with Crippen LogP contribution in [0.15, 0.2) is 12.5 Å². The van der Waals surface area contributed by atoms with E-state index in [1.165, 1.54) is 0 Å². The summed E-state index contributed by atoms with van der Waals surface area (Å²) in [7, 11) is -3.42. The average Bonchev–Trinajstić information content (AvgIpc) is 2.52. The number of aromatic nitrogens is 2. The topological polar surface area (TPSA) is 101 Å². The second kappa shape index (κ2) is 4.70. The lowest BCUT2D eigenvalue weighted by Gasteiger charge is -2.12. The molecule has 1 heterocycles. The minimum absolute atomic E-state index is 0.0588. The molecule has 14 heavy (non-hydrogen) atoms. The Labute approximate surface area is 82.0 Å². The number of nitrogens with zero attached hydrogens (tertiary/aromatic N) is 1. The molecule has 0 amide bonds. The van der Waals surface area contributed by atoms with Gasteiger partial charge >= 0.3 is 7.60 Å². The van der Waals surface area contributed by atoms with Gasteiger partial charge in [0.1, 0.15) is 0 Å². The van der Waals surface area contributed by atoms with Gasteiger partial charge in [-0.25, -0.2) is 4.98 Å². The summed E-state index contributed by atoms with van der Waals surface area (Å²) >= 11 is 0. The van der Waals surface area contributed by atoms with Crippen LogP contribution in [0.4, 0.5) is 0 Å². The molecule has 7 heteroatoms. The van der Waals surface area contributed by atoms with Crippen LogP contribution in [0.25, 0.3) is 0 Å². The molecule has 0 spiro atoms. The van der Waals surface area contributed by atoms with Gasteiger partial charge < -0.3 is 20.1 Å². The molecule has 0 bridgehead atoms. The van der Waals surface area contributed by atoms with Crippen LogP contribution < -0.4 is 5.73 Å². The smallest absolute Gasteiger partial charge is 0.325 e. The normalized spacial score (nSPS) is 17.6. The molecule has 0 saturated carbocycles. The summed E-state index contributed by atoms with van der Waals surface area (Å²) < 4.78 is 15.5. The van der Waals surface area contributed by atoms with Gasteiger partial charge in [-0.15, -0.1) is 0 Å². The van der Waals surface area contributed by atoms with Crippen molar-refractivity contribution in [3.63, 3.8) is 0 Å². The van der Waals surface area contributed by atoms with Crippen molar-refractivity contribution in [2.45, 2.75) is 12.5 Å². The van der Waals surface area contributed by atoms with Crippen LogP contribution in [-0.4, -0.2) is 34.2 Å². The van der Waals surface area contributed by atoms with Crippen molar-refractivity contribution < 1.29 is 14.0 Å². The van der Waals surface area contributed by atoms with Crippen molar-refractivity contribution >= 4 is 7.60 Å². The van der Waals surface area contributed by atoms with Gasteiger partial charge in [0.25, 0.3) is 0 Å². The molecule has 80 valence electrons. The highest BCUT2D eigenvalue weighted by Gasteiger charge is 2.13. The van der Waals surface area contributed by atoms with Gasteiger partial charge in [0.2, 0.25) is 0 Å². The van der Waals surface area contributed by atoms with Gasteiger partial charge in [0.05, 0.1) is 12.9 Å². The first-order chi connectivity index (χ1) is 6.47. The Morgan fingerprint density at radius 3 is 3.07 bits per heavy atom. The molecule has 4 N–H and O–H groups in total. The second-order valence-corrected chi connectivity index (χ2v) is 5.00. The van der Waals surface area contributed by atoms with Crippen LogP contribution in [0.1, 0.15) is 5.69 Å². The van der Waals surface area contributed by atoms with Crippen LogP contribution in [0.2, 0.25) is 0 Å². The summed E-state index contributed by atoms with van der Waals surface area (Å²) in [6.45, 7) is 1.19. The van der Waals surface area contributed by atoms with E-state index in [9.17, 15) is 4.57 Å². The number of rotatable bonds is 5. The van der Waals surface area contributed by atoms with Gasteiger partial charge in [0.15, 0.2) is 0 Å². The molecule has 0 aliphatic carbocycles. The van der Waals surface area contributed by atoms with Crippen molar-refractivity contribution in [3.8, 4) is 0 Å². The Hall–Kier alpha value is -0.680. The van der Waals surface area contributed by atoms with Gasteiger partial charge in [-0.3, -0.25) is 4.57 Å². The van der Waals surface area contributed by atoms with Crippen LogP contribution in [0, 0.1) is 0 Å². The van der Waals surface area contributed by atoms with E-state index in [0.29, 0.717) is 6.42 Å². The molecule has 6 nitrogen and oxygen atoms in total. The molecule has 0 aliphatic rings. The van der Waals surface area contributed by atoms with E-state index in [0.717, 1.165) is 12.4 Å².